The fourth-order valence-corrected chi connectivity index (χ4v) is 1.81. The van der Waals surface area contributed by atoms with E-state index in [0.717, 1.165) is 12.3 Å². The number of aromatic nitrogens is 2. The highest BCUT2D eigenvalue weighted by Crippen LogP contribution is 2.28. The molecule has 8 heteroatoms. The average Bonchev–Trinajstić information content (AvgIpc) is 2.65. The Labute approximate surface area is 117 Å². The van der Waals surface area contributed by atoms with Crippen molar-refractivity contribution < 1.29 is 8.78 Å². The van der Waals surface area contributed by atoms with Crippen LogP contribution in [-0.4, -0.2) is 15.9 Å². The number of nitrogens with two attached hydrogens (primary N) is 1. The molecule has 0 amide bonds. The number of hydrogen-bond acceptors (Lipinski definition) is 3. The maximum Gasteiger partial charge on any atom is 0.221 e. The van der Waals surface area contributed by atoms with Crippen LogP contribution in [0.4, 0.5) is 14.7 Å². The normalized spacial score (nSPS) is 11.4. The van der Waals surface area contributed by atoms with Crippen molar-refractivity contribution >= 4 is 35.4 Å². The molecule has 0 spiro atoms. The Morgan fingerprint density at radius 1 is 1.42 bits per heavy atom. The minimum absolute atomic E-state index is 0.100. The Morgan fingerprint density at radius 2 is 2.11 bits per heavy atom. The summed E-state index contributed by atoms with van der Waals surface area (Å²) in [6, 6.07) is 0.798. The fraction of sp³-hybridized carbons (Fsp3) is 0.0909. The van der Waals surface area contributed by atoms with Gasteiger partial charge in [0, 0.05) is 0 Å². The first-order valence-corrected chi connectivity index (χ1v) is 5.84. The van der Waals surface area contributed by atoms with Gasteiger partial charge in [-0.05, 0) is 13.0 Å². The lowest BCUT2D eigenvalue weighted by molar-refractivity contribution is 0.507. The molecule has 0 radical (unpaired) electrons. The lowest BCUT2D eigenvalue weighted by Gasteiger charge is -2.04. The van der Waals surface area contributed by atoms with E-state index < -0.39 is 11.6 Å². The van der Waals surface area contributed by atoms with E-state index in [9.17, 15) is 8.78 Å². The third-order valence-corrected chi connectivity index (χ3v) is 3.09. The summed E-state index contributed by atoms with van der Waals surface area (Å²) in [5.74, 6) is -2.12. The summed E-state index contributed by atoms with van der Waals surface area (Å²) in [6.45, 7) is 1.72. The molecule has 4 nitrogen and oxygen atoms in total. The first-order valence-electron chi connectivity index (χ1n) is 5.09. The van der Waals surface area contributed by atoms with Gasteiger partial charge in [0.05, 0.1) is 33.7 Å². The molecule has 1 aromatic heterocycles. The van der Waals surface area contributed by atoms with Crippen LogP contribution in [0.15, 0.2) is 17.4 Å². The summed E-state index contributed by atoms with van der Waals surface area (Å²) in [5, 5.41) is 3.63. The van der Waals surface area contributed by atoms with Gasteiger partial charge in [-0.3, -0.25) is 0 Å². The van der Waals surface area contributed by atoms with E-state index in [4.69, 9.17) is 28.9 Å². The van der Waals surface area contributed by atoms with Crippen LogP contribution in [-0.2, 0) is 0 Å². The number of nitrogen functional groups attached to an aromatic ring is 1. The Hall–Kier alpha value is -1.66. The van der Waals surface area contributed by atoms with Crippen LogP contribution in [0.1, 0.15) is 11.3 Å². The van der Waals surface area contributed by atoms with Crippen LogP contribution in [0.25, 0.3) is 0 Å². The number of aryl methyl sites for hydroxylation is 1. The predicted molar refractivity (Wildman–Crippen MR) is 70.7 cm³/mol. The second kappa shape index (κ2) is 5.14. The maximum absolute atomic E-state index is 13.6. The maximum atomic E-state index is 13.6. The SMILES string of the molecule is Cc1cn(N=Cc2c(F)c(F)cc(Cl)c2Cl)c(N)n1. The molecule has 0 aliphatic rings. The third-order valence-electron chi connectivity index (χ3n) is 2.29. The first kappa shape index (κ1) is 13.8. The van der Waals surface area contributed by atoms with Crippen molar-refractivity contribution in [3.05, 3.63) is 45.2 Å². The van der Waals surface area contributed by atoms with E-state index in [1.54, 1.807) is 6.92 Å². The van der Waals surface area contributed by atoms with E-state index >= 15 is 0 Å². The zero-order valence-electron chi connectivity index (χ0n) is 9.66. The molecule has 2 N–H and O–H groups in total. The summed E-state index contributed by atoms with van der Waals surface area (Å²) in [6.07, 6.45) is 2.56. The van der Waals surface area contributed by atoms with Gasteiger partial charge in [0.25, 0.3) is 0 Å². The van der Waals surface area contributed by atoms with E-state index in [0.29, 0.717) is 5.69 Å². The van der Waals surface area contributed by atoms with Crippen molar-refractivity contribution in [1.29, 1.82) is 0 Å². The zero-order chi connectivity index (χ0) is 14.2. The molecule has 0 aliphatic heterocycles. The van der Waals surface area contributed by atoms with Gasteiger partial charge in [-0.25, -0.2) is 18.4 Å². The molecular formula is C11H8Cl2F2N4. The average molecular weight is 305 g/mol. The van der Waals surface area contributed by atoms with Crippen LogP contribution in [0.2, 0.25) is 10.0 Å². The van der Waals surface area contributed by atoms with Gasteiger partial charge in [0.1, 0.15) is 0 Å². The quantitative estimate of drug-likeness (QED) is 0.684. The monoisotopic (exact) mass is 304 g/mol. The van der Waals surface area contributed by atoms with Crippen LogP contribution in [0.5, 0.6) is 0 Å². The topological polar surface area (TPSA) is 56.2 Å². The highest BCUT2D eigenvalue weighted by molar-refractivity contribution is 6.43. The van der Waals surface area contributed by atoms with E-state index in [2.05, 4.69) is 10.1 Å². The molecule has 1 heterocycles. The molecule has 0 saturated heterocycles. The minimum atomic E-state index is -1.13. The number of imidazole rings is 1. The Morgan fingerprint density at radius 3 is 2.68 bits per heavy atom. The molecule has 0 bridgehead atoms. The molecule has 0 fully saturated rings. The van der Waals surface area contributed by atoms with Gasteiger partial charge in [0.15, 0.2) is 11.6 Å². The van der Waals surface area contributed by atoms with Crippen molar-refractivity contribution in [2.45, 2.75) is 6.92 Å². The molecule has 100 valence electrons. The van der Waals surface area contributed by atoms with Gasteiger partial charge in [-0.1, -0.05) is 23.2 Å². The number of nitrogens with zero attached hydrogens (tertiary/aromatic N) is 3. The smallest absolute Gasteiger partial charge is 0.221 e. The van der Waals surface area contributed by atoms with Crippen LogP contribution in [0.3, 0.4) is 0 Å². The van der Waals surface area contributed by atoms with E-state index in [1.807, 2.05) is 0 Å². The first-order chi connectivity index (χ1) is 8.90. The molecule has 19 heavy (non-hydrogen) atoms. The summed E-state index contributed by atoms with van der Waals surface area (Å²) < 4.78 is 28.0. The van der Waals surface area contributed by atoms with Crippen LogP contribution >= 0.6 is 23.2 Å². The van der Waals surface area contributed by atoms with Crippen LogP contribution < -0.4 is 5.73 Å². The third kappa shape index (κ3) is 2.69. The Bertz CT molecular complexity index is 641. The van der Waals surface area contributed by atoms with Crippen LogP contribution in [0, 0.1) is 18.6 Å². The summed E-state index contributed by atoms with van der Waals surface area (Å²) >= 11 is 11.5. The highest BCUT2D eigenvalue weighted by atomic mass is 35.5. The van der Waals surface area contributed by atoms with Gasteiger partial charge in [-0.15, -0.1) is 0 Å². The lowest BCUT2D eigenvalue weighted by atomic mass is 10.2. The molecule has 2 aromatic rings. The number of hydrogen-bond donors (Lipinski definition) is 1. The predicted octanol–water partition coefficient (Wildman–Crippen LogP) is 3.24. The molecule has 2 rings (SSSR count). The molecule has 0 saturated carbocycles. The molecule has 0 unspecified atom stereocenters. The van der Waals surface area contributed by atoms with Gasteiger partial charge in [-0.2, -0.15) is 5.10 Å². The van der Waals surface area contributed by atoms with Crippen molar-refractivity contribution in [2.24, 2.45) is 5.10 Å². The number of halogens is 4. The van der Waals surface area contributed by atoms with Crippen molar-refractivity contribution in [2.75, 3.05) is 5.73 Å². The molecule has 1 aromatic carbocycles. The standard InChI is InChI=1S/C11H8Cl2F2N4/c1-5-4-19(11(16)18-5)17-3-6-9(13)7(12)2-8(14)10(6)15/h2-4H,1H3,(H2,16,18). The van der Waals surface area contributed by atoms with Gasteiger partial charge >= 0.3 is 0 Å². The van der Waals surface area contributed by atoms with Crippen molar-refractivity contribution in [3.63, 3.8) is 0 Å². The lowest BCUT2D eigenvalue weighted by Crippen LogP contribution is -2.00. The minimum Gasteiger partial charge on any atom is -0.368 e. The van der Waals surface area contributed by atoms with Crippen molar-refractivity contribution in [1.82, 2.24) is 9.66 Å². The second-order valence-corrected chi connectivity index (χ2v) is 4.50. The molecule has 0 aliphatic carbocycles. The zero-order valence-corrected chi connectivity index (χ0v) is 11.2. The molecule has 0 atom stereocenters. The Kier molecular flexibility index (Phi) is 3.73. The number of rotatable bonds is 2. The fourth-order valence-electron chi connectivity index (χ4n) is 1.42. The summed E-state index contributed by atoms with van der Waals surface area (Å²) in [5.41, 5.74) is 5.94. The summed E-state index contributed by atoms with van der Waals surface area (Å²) in [7, 11) is 0. The number of benzene rings is 1. The van der Waals surface area contributed by atoms with E-state index in [1.165, 1.54) is 10.9 Å². The summed E-state index contributed by atoms with van der Waals surface area (Å²) in [4.78, 5) is 3.90. The highest BCUT2D eigenvalue weighted by Gasteiger charge is 2.15. The molecular weight excluding hydrogens is 297 g/mol. The second-order valence-electron chi connectivity index (χ2n) is 3.71. The Balaban J connectivity index is 2.47. The number of anilines is 1. The van der Waals surface area contributed by atoms with Gasteiger partial charge in [0.2, 0.25) is 5.95 Å². The van der Waals surface area contributed by atoms with Gasteiger partial charge < -0.3 is 5.73 Å². The van der Waals surface area contributed by atoms with Crippen molar-refractivity contribution in [3.8, 4) is 0 Å². The largest absolute Gasteiger partial charge is 0.368 e. The van der Waals surface area contributed by atoms with E-state index in [-0.39, 0.29) is 21.6 Å².